The smallest absolute Gasteiger partial charge is 0.243 e. The number of nitrogens with zero attached hydrogens (tertiary/aromatic N) is 1. The third-order valence-electron chi connectivity index (χ3n) is 4.81. The molecule has 1 heterocycles. The molecule has 0 radical (unpaired) electrons. The number of likely N-dealkylation sites (N-methyl/N-ethyl adjacent to an activating group) is 1. The second kappa shape index (κ2) is 8.39. The number of carbonyl (C=O) groups is 1. The van der Waals surface area contributed by atoms with Gasteiger partial charge in [0.05, 0.1) is 27.6 Å². The normalized spacial score (nSPS) is 19.6. The topological polar surface area (TPSA) is 86.7 Å². The van der Waals surface area contributed by atoms with Crippen molar-refractivity contribution in [3.63, 3.8) is 0 Å². The number of fused-ring (bicyclic) bond motifs is 1. The Bertz CT molecular complexity index is 983. The van der Waals surface area contributed by atoms with E-state index in [1.807, 2.05) is 30.3 Å². The Hall–Kier alpha value is -1.64. The van der Waals surface area contributed by atoms with E-state index in [0.717, 1.165) is 9.87 Å². The molecule has 0 aliphatic carbocycles. The number of carbonyl (C=O) groups excluding carboxylic acids is 1. The van der Waals surface area contributed by atoms with Crippen molar-refractivity contribution in [3.05, 3.63) is 63.6 Å². The van der Waals surface area contributed by atoms with Crippen molar-refractivity contribution < 1.29 is 18.3 Å². The average molecular weight is 443 g/mol. The fourth-order valence-corrected chi connectivity index (χ4v) is 5.21. The summed E-state index contributed by atoms with van der Waals surface area (Å²) >= 11 is 12.0. The number of halogens is 2. The maximum absolute atomic E-state index is 12.8. The van der Waals surface area contributed by atoms with Gasteiger partial charge in [0.25, 0.3) is 0 Å². The molecular formula is C19H20Cl2N2O4S. The average Bonchev–Trinajstić information content (AvgIpc) is 2.67. The van der Waals surface area contributed by atoms with Crippen LogP contribution in [0.1, 0.15) is 11.1 Å². The van der Waals surface area contributed by atoms with Crippen molar-refractivity contribution in [2.75, 3.05) is 13.7 Å². The molecular weight excluding hydrogens is 423 g/mol. The van der Waals surface area contributed by atoms with Crippen LogP contribution in [0.2, 0.25) is 10.0 Å². The lowest BCUT2D eigenvalue weighted by Crippen LogP contribution is -2.54. The number of aliphatic hydroxyl groups is 1. The first-order chi connectivity index (χ1) is 13.2. The van der Waals surface area contributed by atoms with E-state index in [4.69, 9.17) is 23.2 Å². The van der Waals surface area contributed by atoms with E-state index in [9.17, 15) is 18.3 Å². The van der Waals surface area contributed by atoms with Crippen LogP contribution in [-0.2, 0) is 27.7 Å². The third kappa shape index (κ3) is 4.18. The first kappa shape index (κ1) is 21.1. The molecule has 0 fully saturated rings. The second-order valence-electron chi connectivity index (χ2n) is 6.69. The summed E-state index contributed by atoms with van der Waals surface area (Å²) in [5.74, 6) is -0.474. The summed E-state index contributed by atoms with van der Waals surface area (Å²) in [6.07, 6.45) is 0.599. The number of benzene rings is 2. The van der Waals surface area contributed by atoms with Gasteiger partial charge in [-0.25, -0.2) is 8.42 Å². The predicted octanol–water partition coefficient (Wildman–Crippen LogP) is 2.26. The molecule has 0 saturated carbocycles. The van der Waals surface area contributed by atoms with Crippen molar-refractivity contribution in [1.29, 1.82) is 0 Å². The van der Waals surface area contributed by atoms with Crippen LogP contribution in [0.4, 0.5) is 0 Å². The van der Waals surface area contributed by atoms with Crippen molar-refractivity contribution in [2.24, 2.45) is 0 Å². The Morgan fingerprint density at radius 3 is 2.54 bits per heavy atom. The van der Waals surface area contributed by atoms with Gasteiger partial charge in [-0.3, -0.25) is 4.79 Å². The van der Waals surface area contributed by atoms with Crippen molar-refractivity contribution >= 4 is 39.1 Å². The van der Waals surface area contributed by atoms with Crippen LogP contribution in [0, 0.1) is 0 Å². The molecule has 28 heavy (non-hydrogen) atoms. The lowest BCUT2D eigenvalue weighted by Gasteiger charge is -2.33. The monoisotopic (exact) mass is 442 g/mol. The molecule has 2 aromatic rings. The predicted molar refractivity (Wildman–Crippen MR) is 108 cm³/mol. The Balaban J connectivity index is 1.82. The first-order valence-corrected chi connectivity index (χ1v) is 10.8. The molecule has 3 rings (SSSR count). The Morgan fingerprint density at radius 2 is 1.89 bits per heavy atom. The number of sulfonamides is 1. The molecule has 9 heteroatoms. The zero-order valence-electron chi connectivity index (χ0n) is 15.1. The SMILES string of the molecule is CN1[C@H](C(=O)N[C@H](CO)Cc2ccccc2)Cc2cc(Cl)c(Cl)cc2S1(=O)=O. The number of hydrogen-bond donors (Lipinski definition) is 2. The van der Waals surface area contributed by atoms with Gasteiger partial charge in [-0.1, -0.05) is 53.5 Å². The van der Waals surface area contributed by atoms with Gasteiger partial charge in [0.1, 0.15) is 6.04 Å². The lowest BCUT2D eigenvalue weighted by molar-refractivity contribution is -0.125. The molecule has 0 aromatic heterocycles. The van der Waals surface area contributed by atoms with Gasteiger partial charge in [0.2, 0.25) is 15.9 Å². The fraction of sp³-hybridized carbons (Fsp3) is 0.316. The molecule has 0 spiro atoms. The van der Waals surface area contributed by atoms with Crippen molar-refractivity contribution in [3.8, 4) is 0 Å². The van der Waals surface area contributed by atoms with E-state index in [1.54, 1.807) is 0 Å². The number of aliphatic hydroxyl groups excluding tert-OH is 1. The van der Waals surface area contributed by atoms with Crippen LogP contribution in [0.25, 0.3) is 0 Å². The largest absolute Gasteiger partial charge is 0.394 e. The quantitative estimate of drug-likeness (QED) is 0.743. The molecule has 1 aliphatic rings. The number of nitrogens with one attached hydrogen (secondary N) is 1. The standard InChI is InChI=1S/C19H20Cl2N2O4S/c1-23-17(9-13-8-15(20)16(21)10-18(13)28(23,26)27)19(25)22-14(11-24)7-12-5-3-2-4-6-12/h2-6,8,10,14,17,24H,7,9,11H2,1H3,(H,22,25)/t14-,17-/m0/s1. The highest BCUT2D eigenvalue weighted by molar-refractivity contribution is 7.89. The minimum Gasteiger partial charge on any atom is -0.394 e. The lowest BCUT2D eigenvalue weighted by atomic mass is 10.0. The van der Waals surface area contributed by atoms with Gasteiger partial charge in [-0.2, -0.15) is 4.31 Å². The zero-order valence-corrected chi connectivity index (χ0v) is 17.4. The maximum Gasteiger partial charge on any atom is 0.243 e. The highest BCUT2D eigenvalue weighted by Crippen LogP contribution is 2.35. The summed E-state index contributed by atoms with van der Waals surface area (Å²) in [5.41, 5.74) is 1.40. The molecule has 0 saturated heterocycles. The molecule has 2 aromatic carbocycles. The van der Waals surface area contributed by atoms with Crippen LogP contribution in [0.5, 0.6) is 0 Å². The van der Waals surface area contributed by atoms with E-state index in [0.29, 0.717) is 12.0 Å². The number of hydrogen-bond acceptors (Lipinski definition) is 4. The van der Waals surface area contributed by atoms with E-state index in [2.05, 4.69) is 5.32 Å². The second-order valence-corrected chi connectivity index (χ2v) is 9.47. The summed E-state index contributed by atoms with van der Waals surface area (Å²) in [6.45, 7) is -0.262. The van der Waals surface area contributed by atoms with Gasteiger partial charge < -0.3 is 10.4 Å². The first-order valence-electron chi connectivity index (χ1n) is 8.65. The van der Waals surface area contributed by atoms with E-state index in [1.165, 1.54) is 19.2 Å². The third-order valence-corrected chi connectivity index (χ3v) is 7.48. The highest BCUT2D eigenvalue weighted by atomic mass is 35.5. The molecule has 1 aliphatic heterocycles. The minimum atomic E-state index is -3.89. The van der Waals surface area contributed by atoms with Gasteiger partial charge in [0, 0.05) is 7.05 Å². The van der Waals surface area contributed by atoms with Gasteiger partial charge in [-0.05, 0) is 36.1 Å². The molecule has 2 N–H and O–H groups in total. The van der Waals surface area contributed by atoms with Crippen LogP contribution >= 0.6 is 23.2 Å². The Labute approximate surface area is 174 Å². The Kier molecular flexibility index (Phi) is 6.31. The molecule has 1 amide bonds. The van der Waals surface area contributed by atoms with Crippen molar-refractivity contribution in [2.45, 2.75) is 29.8 Å². The fourth-order valence-electron chi connectivity index (χ4n) is 3.24. The van der Waals surface area contributed by atoms with Crippen LogP contribution in [-0.4, -0.2) is 49.5 Å². The summed E-state index contributed by atoms with van der Waals surface area (Å²) in [4.78, 5) is 12.9. The van der Waals surface area contributed by atoms with Gasteiger partial charge in [-0.15, -0.1) is 0 Å². The highest BCUT2D eigenvalue weighted by Gasteiger charge is 2.40. The van der Waals surface area contributed by atoms with E-state index < -0.39 is 28.0 Å². The minimum absolute atomic E-state index is 0.0523. The molecule has 150 valence electrons. The van der Waals surface area contributed by atoms with E-state index >= 15 is 0 Å². The van der Waals surface area contributed by atoms with Crippen LogP contribution in [0.3, 0.4) is 0 Å². The van der Waals surface area contributed by atoms with E-state index in [-0.39, 0.29) is 28.0 Å². The molecule has 6 nitrogen and oxygen atoms in total. The molecule has 2 atom stereocenters. The maximum atomic E-state index is 12.8. The summed E-state index contributed by atoms with van der Waals surface area (Å²) < 4.78 is 26.7. The molecule has 0 bridgehead atoms. The van der Waals surface area contributed by atoms with Crippen LogP contribution < -0.4 is 5.32 Å². The summed E-state index contributed by atoms with van der Waals surface area (Å²) in [7, 11) is -2.53. The Morgan fingerprint density at radius 1 is 1.25 bits per heavy atom. The zero-order chi connectivity index (χ0) is 20.5. The van der Waals surface area contributed by atoms with Gasteiger partial charge >= 0.3 is 0 Å². The summed E-state index contributed by atoms with van der Waals surface area (Å²) in [5, 5.41) is 12.8. The molecule has 0 unspecified atom stereocenters. The van der Waals surface area contributed by atoms with Gasteiger partial charge in [0.15, 0.2) is 0 Å². The van der Waals surface area contributed by atoms with Crippen molar-refractivity contribution in [1.82, 2.24) is 9.62 Å². The number of rotatable bonds is 5. The van der Waals surface area contributed by atoms with Crippen LogP contribution in [0.15, 0.2) is 47.4 Å². The number of amides is 1. The summed E-state index contributed by atoms with van der Waals surface area (Å²) in [6, 6.07) is 10.7.